The molecule has 1 unspecified atom stereocenters. The van der Waals surface area contributed by atoms with Gasteiger partial charge in [0.15, 0.2) is 0 Å². The monoisotopic (exact) mass is 279 g/mol. The highest BCUT2D eigenvalue weighted by Crippen LogP contribution is 2.49. The summed E-state index contributed by atoms with van der Waals surface area (Å²) in [5.41, 5.74) is 4.78. The molecule has 0 N–H and O–H groups in total. The lowest BCUT2D eigenvalue weighted by Gasteiger charge is -2.34. The molecule has 0 saturated carbocycles. The highest BCUT2D eigenvalue weighted by Gasteiger charge is 2.41. The Kier molecular flexibility index (Phi) is 3.32. The van der Waals surface area contributed by atoms with E-state index >= 15 is 0 Å². The van der Waals surface area contributed by atoms with Crippen LogP contribution in [0.2, 0.25) is 0 Å². The molecule has 2 nitrogen and oxygen atoms in total. The van der Waals surface area contributed by atoms with Crippen molar-refractivity contribution in [3.05, 3.63) is 59.7 Å². The van der Waals surface area contributed by atoms with Crippen molar-refractivity contribution < 1.29 is 9.53 Å². The number of carbonyl (C=O) groups excluding carboxylic acids is 1. The predicted molar refractivity (Wildman–Crippen MR) is 83.7 cm³/mol. The molecule has 0 spiro atoms. The smallest absolute Gasteiger partial charge is 0.417 e. The van der Waals surface area contributed by atoms with Crippen molar-refractivity contribution in [3.63, 3.8) is 0 Å². The van der Waals surface area contributed by atoms with E-state index in [0.717, 1.165) is 0 Å². The second-order valence-electron chi connectivity index (χ2n) is 6.64. The Morgan fingerprint density at radius 3 is 1.86 bits per heavy atom. The minimum absolute atomic E-state index is 0.0684. The summed E-state index contributed by atoms with van der Waals surface area (Å²) in [5, 5.41) is 0. The molecular formula is C19H19O2. The van der Waals surface area contributed by atoms with E-state index in [2.05, 4.69) is 57.2 Å². The van der Waals surface area contributed by atoms with Gasteiger partial charge in [-0.15, -0.1) is 0 Å². The Bertz CT molecular complexity index is 622. The molecule has 1 atom stereocenters. The zero-order chi connectivity index (χ0) is 15.0. The summed E-state index contributed by atoms with van der Waals surface area (Å²) in [7, 11) is 0. The van der Waals surface area contributed by atoms with Crippen LogP contribution in [0.4, 0.5) is 0 Å². The van der Waals surface area contributed by atoms with Gasteiger partial charge in [-0.05, 0) is 27.7 Å². The Labute approximate surface area is 125 Å². The SMILES string of the molecule is CC(C)(C)C(O[C]=O)C1c2ccccc2-c2ccccc21. The van der Waals surface area contributed by atoms with Gasteiger partial charge in [-0.3, -0.25) is 0 Å². The van der Waals surface area contributed by atoms with E-state index in [9.17, 15) is 4.79 Å². The molecule has 0 amide bonds. The summed E-state index contributed by atoms with van der Waals surface area (Å²) < 4.78 is 5.40. The zero-order valence-corrected chi connectivity index (χ0v) is 12.6. The molecule has 0 fully saturated rings. The second-order valence-corrected chi connectivity index (χ2v) is 6.64. The maximum Gasteiger partial charge on any atom is 0.417 e. The average molecular weight is 279 g/mol. The van der Waals surface area contributed by atoms with E-state index in [-0.39, 0.29) is 17.4 Å². The second kappa shape index (κ2) is 5.03. The first-order chi connectivity index (χ1) is 10.0. The van der Waals surface area contributed by atoms with Gasteiger partial charge in [0.05, 0.1) is 0 Å². The van der Waals surface area contributed by atoms with Crippen molar-refractivity contribution in [3.8, 4) is 11.1 Å². The van der Waals surface area contributed by atoms with E-state index < -0.39 is 0 Å². The van der Waals surface area contributed by atoms with Crippen LogP contribution in [-0.2, 0) is 9.53 Å². The fourth-order valence-corrected chi connectivity index (χ4v) is 3.32. The first-order valence-electron chi connectivity index (χ1n) is 7.25. The molecule has 107 valence electrons. The van der Waals surface area contributed by atoms with Crippen molar-refractivity contribution >= 4 is 6.47 Å². The molecule has 2 heteroatoms. The molecule has 0 saturated heterocycles. The molecule has 1 aliphatic rings. The third-order valence-electron chi connectivity index (χ3n) is 4.21. The van der Waals surface area contributed by atoms with E-state index in [4.69, 9.17) is 4.74 Å². The molecule has 1 radical (unpaired) electrons. The van der Waals surface area contributed by atoms with Crippen LogP contribution in [0.3, 0.4) is 0 Å². The first-order valence-corrected chi connectivity index (χ1v) is 7.25. The van der Waals surface area contributed by atoms with E-state index in [1.165, 1.54) is 22.3 Å². The number of hydrogen-bond acceptors (Lipinski definition) is 2. The molecule has 3 rings (SSSR count). The summed E-state index contributed by atoms with van der Waals surface area (Å²) in [5.74, 6) is 0.0684. The van der Waals surface area contributed by atoms with Gasteiger partial charge in [0.2, 0.25) is 0 Å². The maximum atomic E-state index is 10.9. The van der Waals surface area contributed by atoms with Crippen LogP contribution in [-0.4, -0.2) is 12.6 Å². The summed E-state index contributed by atoms with van der Waals surface area (Å²) in [6, 6.07) is 16.7. The largest absolute Gasteiger partial charge is 0.452 e. The molecule has 0 aromatic heterocycles. The minimum atomic E-state index is -0.236. The molecule has 0 bridgehead atoms. The minimum Gasteiger partial charge on any atom is -0.452 e. The van der Waals surface area contributed by atoms with Gasteiger partial charge in [-0.1, -0.05) is 69.3 Å². The molecular weight excluding hydrogens is 260 g/mol. The van der Waals surface area contributed by atoms with Gasteiger partial charge in [0, 0.05) is 5.92 Å². The van der Waals surface area contributed by atoms with Gasteiger partial charge >= 0.3 is 6.47 Å². The topological polar surface area (TPSA) is 26.3 Å². The van der Waals surface area contributed by atoms with Crippen LogP contribution in [0.25, 0.3) is 11.1 Å². The number of hydrogen-bond donors (Lipinski definition) is 0. The number of benzene rings is 2. The van der Waals surface area contributed by atoms with E-state index in [1.54, 1.807) is 6.47 Å². The van der Waals surface area contributed by atoms with Crippen molar-refractivity contribution in [2.45, 2.75) is 32.8 Å². The summed E-state index contributed by atoms with van der Waals surface area (Å²) in [4.78, 5) is 10.9. The standard InChI is InChI=1S/C19H19O2/c1-19(2,3)18(21-12-20)17-15-10-6-4-8-13(15)14-9-5-7-11-16(14)17/h4-11,17-18H,1-3H3. The van der Waals surface area contributed by atoms with Crippen LogP contribution in [0.5, 0.6) is 0 Å². The van der Waals surface area contributed by atoms with Crippen molar-refractivity contribution in [1.82, 2.24) is 0 Å². The Morgan fingerprint density at radius 2 is 1.43 bits per heavy atom. The predicted octanol–water partition coefficient (Wildman–Crippen LogP) is 4.30. The quantitative estimate of drug-likeness (QED) is 0.837. The van der Waals surface area contributed by atoms with Crippen LogP contribution < -0.4 is 0 Å². The van der Waals surface area contributed by atoms with Crippen molar-refractivity contribution in [1.29, 1.82) is 0 Å². The Hall–Kier alpha value is -2.09. The average Bonchev–Trinajstić information content (AvgIpc) is 2.78. The van der Waals surface area contributed by atoms with Gasteiger partial charge in [-0.2, -0.15) is 0 Å². The van der Waals surface area contributed by atoms with Gasteiger partial charge < -0.3 is 4.74 Å². The molecule has 1 aliphatic carbocycles. The molecule has 2 aromatic carbocycles. The number of ether oxygens (including phenoxy) is 1. The molecule has 2 aromatic rings. The summed E-state index contributed by atoms with van der Waals surface area (Å²) in [6.07, 6.45) is -0.236. The molecule has 0 aliphatic heterocycles. The number of fused-ring (bicyclic) bond motifs is 3. The molecule has 21 heavy (non-hydrogen) atoms. The van der Waals surface area contributed by atoms with Crippen molar-refractivity contribution in [2.75, 3.05) is 0 Å². The Balaban J connectivity index is 2.20. The van der Waals surface area contributed by atoms with E-state index in [0.29, 0.717) is 0 Å². The van der Waals surface area contributed by atoms with Crippen LogP contribution in [0.1, 0.15) is 37.8 Å². The first kappa shape index (κ1) is 13.9. The fraction of sp³-hybridized carbons (Fsp3) is 0.316. The highest BCUT2D eigenvalue weighted by atomic mass is 16.5. The van der Waals surface area contributed by atoms with Gasteiger partial charge in [0.25, 0.3) is 0 Å². The Morgan fingerprint density at radius 1 is 0.952 bits per heavy atom. The van der Waals surface area contributed by atoms with Crippen LogP contribution in [0.15, 0.2) is 48.5 Å². The molecule has 0 heterocycles. The normalized spacial score (nSPS) is 15.2. The zero-order valence-electron chi connectivity index (χ0n) is 12.6. The lowest BCUT2D eigenvalue weighted by molar-refractivity contribution is 0.0584. The summed E-state index contributed by atoms with van der Waals surface area (Å²) in [6.45, 7) is 7.95. The lowest BCUT2D eigenvalue weighted by Crippen LogP contribution is -2.34. The highest BCUT2D eigenvalue weighted by molar-refractivity contribution is 5.79. The third kappa shape index (κ3) is 2.25. The van der Waals surface area contributed by atoms with Crippen LogP contribution in [0, 0.1) is 5.41 Å². The summed E-state index contributed by atoms with van der Waals surface area (Å²) >= 11 is 0. The third-order valence-corrected chi connectivity index (χ3v) is 4.21. The van der Waals surface area contributed by atoms with E-state index in [1.807, 2.05) is 12.1 Å². The van der Waals surface area contributed by atoms with Crippen molar-refractivity contribution in [2.24, 2.45) is 5.41 Å². The van der Waals surface area contributed by atoms with Gasteiger partial charge in [0.1, 0.15) is 6.10 Å². The van der Waals surface area contributed by atoms with Crippen LogP contribution >= 0.6 is 0 Å². The maximum absolute atomic E-state index is 10.9. The number of rotatable bonds is 3. The lowest BCUT2D eigenvalue weighted by atomic mass is 9.77. The fourth-order valence-electron chi connectivity index (χ4n) is 3.32. The van der Waals surface area contributed by atoms with Gasteiger partial charge in [-0.25, -0.2) is 4.79 Å².